The summed E-state index contributed by atoms with van der Waals surface area (Å²) in [6.45, 7) is 10.1. The largest absolute Gasteiger partial charge is 0.451 e. The molecule has 0 saturated carbocycles. The lowest BCUT2D eigenvalue weighted by Crippen LogP contribution is -2.37. The lowest BCUT2D eigenvalue weighted by molar-refractivity contribution is -0.0598. The first-order valence-electron chi connectivity index (χ1n) is 5.85. The maximum Gasteiger partial charge on any atom is 0.451 e. The Morgan fingerprint density at radius 2 is 1.83 bits per heavy atom. The van der Waals surface area contributed by atoms with Crippen molar-refractivity contribution in [2.75, 3.05) is 13.1 Å². The predicted octanol–water partition coefficient (Wildman–Crippen LogP) is 3.24. The van der Waals surface area contributed by atoms with Crippen LogP contribution in [0.1, 0.15) is 27.2 Å². The van der Waals surface area contributed by atoms with Gasteiger partial charge in [0.25, 0.3) is 0 Å². The molecule has 3 nitrogen and oxygen atoms in total. The molecule has 0 spiro atoms. The highest BCUT2D eigenvalue weighted by molar-refractivity contribution is 5.91. The molecule has 0 aliphatic carbocycles. The number of nitrogens with zero attached hydrogens (tertiary/aromatic N) is 3. The van der Waals surface area contributed by atoms with Gasteiger partial charge in [0.2, 0.25) is 5.84 Å². The van der Waals surface area contributed by atoms with Crippen LogP contribution in [0.25, 0.3) is 0 Å². The highest BCUT2D eigenvalue weighted by Crippen LogP contribution is 2.26. The molecule has 102 valence electrons. The molecule has 18 heavy (non-hydrogen) atoms. The van der Waals surface area contributed by atoms with Gasteiger partial charge in [-0.15, -0.1) is 0 Å². The van der Waals surface area contributed by atoms with Crippen molar-refractivity contribution < 1.29 is 13.2 Å². The van der Waals surface area contributed by atoms with Crippen LogP contribution in [0.4, 0.5) is 13.2 Å². The van der Waals surface area contributed by atoms with Gasteiger partial charge in [-0.25, -0.2) is 9.98 Å². The summed E-state index contributed by atoms with van der Waals surface area (Å²) in [5.41, 5.74) is 0.833. The minimum atomic E-state index is -4.56. The van der Waals surface area contributed by atoms with Gasteiger partial charge in [-0.05, 0) is 31.6 Å². The van der Waals surface area contributed by atoms with Gasteiger partial charge in [0, 0.05) is 13.1 Å². The first-order valence-corrected chi connectivity index (χ1v) is 5.85. The van der Waals surface area contributed by atoms with Gasteiger partial charge in [-0.2, -0.15) is 13.2 Å². The van der Waals surface area contributed by atoms with E-state index in [-0.39, 0.29) is 5.92 Å². The van der Waals surface area contributed by atoms with Crippen LogP contribution in [0.5, 0.6) is 0 Å². The second kappa shape index (κ2) is 5.54. The molecule has 1 saturated heterocycles. The Bertz CT molecular complexity index is 377. The Balaban J connectivity index is 3.16. The van der Waals surface area contributed by atoms with Crippen LogP contribution in [0, 0.1) is 5.92 Å². The minimum absolute atomic E-state index is 0.142. The van der Waals surface area contributed by atoms with Crippen molar-refractivity contribution in [1.82, 2.24) is 4.90 Å². The van der Waals surface area contributed by atoms with E-state index < -0.39 is 12.0 Å². The third-order valence-electron chi connectivity index (χ3n) is 2.99. The van der Waals surface area contributed by atoms with Gasteiger partial charge in [-0.3, -0.25) is 0 Å². The molecule has 0 amide bonds. The number of amidine groups is 1. The fourth-order valence-electron chi connectivity index (χ4n) is 1.48. The molecule has 0 radical (unpaired) electrons. The summed E-state index contributed by atoms with van der Waals surface area (Å²) in [7, 11) is 0. The summed E-state index contributed by atoms with van der Waals surface area (Å²) in [6, 6.07) is 0. The van der Waals surface area contributed by atoms with Crippen molar-refractivity contribution in [2.24, 2.45) is 15.9 Å². The molecule has 0 bridgehead atoms. The third kappa shape index (κ3) is 3.34. The number of aliphatic imine (C=N–C) groups is 2. The van der Waals surface area contributed by atoms with Crippen molar-refractivity contribution >= 4 is 12.6 Å². The van der Waals surface area contributed by atoms with Gasteiger partial charge in [0.1, 0.15) is 5.82 Å². The number of hydrogen-bond donors (Lipinski definition) is 0. The van der Waals surface area contributed by atoms with E-state index in [1.807, 2.05) is 18.7 Å². The third-order valence-corrected chi connectivity index (χ3v) is 2.99. The summed E-state index contributed by atoms with van der Waals surface area (Å²) in [6.07, 6.45) is -3.58. The van der Waals surface area contributed by atoms with Crippen molar-refractivity contribution in [2.45, 2.75) is 33.4 Å². The summed E-state index contributed by atoms with van der Waals surface area (Å²) < 4.78 is 37.9. The van der Waals surface area contributed by atoms with Gasteiger partial charge >= 0.3 is 6.18 Å². The second-order valence-electron chi connectivity index (χ2n) is 4.59. The highest BCUT2D eigenvalue weighted by atomic mass is 19.4. The molecular weight excluding hydrogens is 243 g/mol. The second-order valence-corrected chi connectivity index (χ2v) is 4.59. The van der Waals surface area contributed by atoms with Crippen LogP contribution < -0.4 is 0 Å². The Morgan fingerprint density at radius 1 is 1.28 bits per heavy atom. The maximum atomic E-state index is 12.6. The van der Waals surface area contributed by atoms with Crippen LogP contribution in [0.15, 0.2) is 21.4 Å². The van der Waals surface area contributed by atoms with E-state index in [1.54, 1.807) is 6.92 Å². The van der Waals surface area contributed by atoms with Gasteiger partial charge in [0.15, 0.2) is 0 Å². The predicted molar refractivity (Wildman–Crippen MR) is 66.8 cm³/mol. The van der Waals surface area contributed by atoms with Crippen LogP contribution in [0.3, 0.4) is 0 Å². The molecule has 1 heterocycles. The molecule has 0 aromatic rings. The monoisotopic (exact) mass is 261 g/mol. The fraction of sp³-hybridized carbons (Fsp3) is 0.667. The van der Waals surface area contributed by atoms with E-state index in [9.17, 15) is 13.2 Å². The number of allylic oxidation sites excluding steroid dienone is 1. The Hall–Kier alpha value is -1.33. The summed E-state index contributed by atoms with van der Waals surface area (Å²) in [4.78, 5) is 8.51. The van der Waals surface area contributed by atoms with E-state index in [2.05, 4.69) is 16.7 Å². The number of rotatable bonds is 3. The maximum absolute atomic E-state index is 12.6. The quantitative estimate of drug-likeness (QED) is 0.566. The molecule has 0 aromatic heterocycles. The van der Waals surface area contributed by atoms with Crippen LogP contribution in [-0.4, -0.2) is 36.7 Å². The van der Waals surface area contributed by atoms with E-state index in [4.69, 9.17) is 0 Å². The molecular formula is C12H18F3N3. The Kier molecular flexibility index (Phi) is 4.53. The van der Waals surface area contributed by atoms with Crippen molar-refractivity contribution in [3.8, 4) is 0 Å². The topological polar surface area (TPSA) is 28.0 Å². The summed E-state index contributed by atoms with van der Waals surface area (Å²) in [5.74, 6) is -0.649. The molecule has 1 aliphatic rings. The normalized spacial score (nSPS) is 18.6. The number of likely N-dealkylation sites (tertiary alicyclic amines) is 1. The average Bonchev–Trinajstić information content (AvgIpc) is 2.17. The zero-order valence-electron chi connectivity index (χ0n) is 10.9. The van der Waals surface area contributed by atoms with Crippen LogP contribution in [0.2, 0.25) is 0 Å². The van der Waals surface area contributed by atoms with Crippen molar-refractivity contribution in [3.05, 3.63) is 11.4 Å². The molecule has 1 fully saturated rings. The van der Waals surface area contributed by atoms with Gasteiger partial charge < -0.3 is 4.90 Å². The Morgan fingerprint density at radius 3 is 2.11 bits per heavy atom. The van der Waals surface area contributed by atoms with Gasteiger partial charge in [-0.1, -0.05) is 13.8 Å². The minimum Gasteiger partial charge on any atom is -0.356 e. The molecule has 0 aromatic carbocycles. The SMILES string of the molecule is C=N/C(=N\C(=C(/C)C(C)C)N1CCC1)C(F)(F)F. The zero-order valence-corrected chi connectivity index (χ0v) is 10.9. The average molecular weight is 261 g/mol. The first kappa shape index (κ1) is 14.7. The van der Waals surface area contributed by atoms with E-state index in [1.165, 1.54) is 0 Å². The lowest BCUT2D eigenvalue weighted by atomic mass is 10.0. The standard InChI is InChI=1S/C12H18F3N3/c1-8(2)9(3)10(18-6-5-7-18)17-11(16-4)12(13,14)15/h8H,4-7H2,1-3H3/b10-9-,17-11-. The summed E-state index contributed by atoms with van der Waals surface area (Å²) in [5, 5.41) is 0. The number of hydrogen-bond acceptors (Lipinski definition) is 2. The fourth-order valence-corrected chi connectivity index (χ4v) is 1.48. The Labute approximate surface area is 105 Å². The number of halogens is 3. The van der Waals surface area contributed by atoms with E-state index >= 15 is 0 Å². The lowest BCUT2D eigenvalue weighted by Gasteiger charge is -2.35. The van der Waals surface area contributed by atoms with Crippen molar-refractivity contribution in [1.29, 1.82) is 0 Å². The first-order chi connectivity index (χ1) is 8.27. The molecule has 6 heteroatoms. The number of alkyl halides is 3. The molecule has 0 N–H and O–H groups in total. The van der Waals surface area contributed by atoms with Gasteiger partial charge in [0.05, 0.1) is 0 Å². The molecule has 1 rings (SSSR count). The van der Waals surface area contributed by atoms with E-state index in [0.717, 1.165) is 25.1 Å². The van der Waals surface area contributed by atoms with Crippen LogP contribution >= 0.6 is 0 Å². The smallest absolute Gasteiger partial charge is 0.356 e. The van der Waals surface area contributed by atoms with Crippen LogP contribution in [-0.2, 0) is 0 Å². The molecule has 0 unspecified atom stereocenters. The summed E-state index contributed by atoms with van der Waals surface area (Å²) >= 11 is 0. The highest BCUT2D eigenvalue weighted by Gasteiger charge is 2.36. The van der Waals surface area contributed by atoms with E-state index in [0.29, 0.717) is 5.82 Å². The molecule has 1 aliphatic heterocycles. The zero-order chi connectivity index (χ0) is 13.9. The van der Waals surface area contributed by atoms with Crippen molar-refractivity contribution in [3.63, 3.8) is 0 Å². The molecule has 0 atom stereocenters.